The Balaban J connectivity index is 1.12. The lowest BCUT2D eigenvalue weighted by molar-refractivity contribution is 0.0519. The first-order chi connectivity index (χ1) is 20.1. The van der Waals surface area contributed by atoms with Gasteiger partial charge in [0.05, 0.1) is 6.61 Å². The van der Waals surface area contributed by atoms with Crippen molar-refractivity contribution in [3.05, 3.63) is 130 Å². The van der Waals surface area contributed by atoms with E-state index in [-0.39, 0.29) is 12.0 Å². The van der Waals surface area contributed by atoms with Crippen molar-refractivity contribution < 1.29 is 14.3 Å². The van der Waals surface area contributed by atoms with Crippen LogP contribution in [0.3, 0.4) is 0 Å². The van der Waals surface area contributed by atoms with Crippen molar-refractivity contribution in [3.8, 4) is 5.75 Å². The molecule has 4 aromatic rings. The van der Waals surface area contributed by atoms with E-state index < -0.39 is 0 Å². The molecule has 41 heavy (non-hydrogen) atoms. The van der Waals surface area contributed by atoms with Gasteiger partial charge >= 0.3 is 5.97 Å². The monoisotopic (exact) mass is 548 g/mol. The molecule has 5 rings (SSSR count). The largest absolute Gasteiger partial charge is 0.489 e. The number of carbonyl (C=O) groups excluding carboxylic acids is 1. The molecule has 0 amide bonds. The van der Waals surface area contributed by atoms with E-state index in [1.807, 2.05) is 19.1 Å². The number of aromatic nitrogens is 1. The smallest absolute Gasteiger partial charge is 0.356 e. The van der Waals surface area contributed by atoms with Crippen LogP contribution in [0.15, 0.2) is 84.9 Å². The second-order valence-electron chi connectivity index (χ2n) is 10.8. The van der Waals surface area contributed by atoms with E-state index in [9.17, 15) is 4.79 Å². The summed E-state index contributed by atoms with van der Waals surface area (Å²) in [6, 6.07) is 30.0. The van der Waals surface area contributed by atoms with Crippen molar-refractivity contribution >= 4 is 5.97 Å². The summed E-state index contributed by atoms with van der Waals surface area (Å²) in [6.07, 6.45) is 5.96. The number of rotatable bonds is 12. The lowest BCUT2D eigenvalue weighted by Crippen LogP contribution is -2.28. The van der Waals surface area contributed by atoms with Gasteiger partial charge in [-0.15, -0.1) is 0 Å². The Hall–Kier alpha value is -3.96. The number of esters is 1. The number of pyridine rings is 1. The highest BCUT2D eigenvalue weighted by atomic mass is 16.5. The average molecular weight is 549 g/mol. The van der Waals surface area contributed by atoms with Crippen LogP contribution in [0.25, 0.3) is 0 Å². The SMILES string of the molecule is CCOC(=O)c1ccc2c(n1)CCCC2NCCc1ccccc1OCc1ccc(CCc2ccc(C)cc2)cc1. The normalized spacial score (nSPS) is 14.3. The zero-order valence-electron chi connectivity index (χ0n) is 24.2. The van der Waals surface area contributed by atoms with E-state index >= 15 is 0 Å². The molecule has 0 saturated carbocycles. The van der Waals surface area contributed by atoms with Crippen molar-refractivity contribution in [1.29, 1.82) is 0 Å². The van der Waals surface area contributed by atoms with Crippen molar-refractivity contribution in [1.82, 2.24) is 10.3 Å². The second-order valence-corrected chi connectivity index (χ2v) is 10.8. The minimum absolute atomic E-state index is 0.236. The first kappa shape index (κ1) is 28.6. The molecule has 1 unspecified atom stereocenters. The van der Waals surface area contributed by atoms with Gasteiger partial charge in [0.15, 0.2) is 0 Å². The highest BCUT2D eigenvalue weighted by Crippen LogP contribution is 2.29. The molecule has 0 saturated heterocycles. The maximum atomic E-state index is 12.1. The van der Waals surface area contributed by atoms with Crippen LogP contribution >= 0.6 is 0 Å². The summed E-state index contributed by atoms with van der Waals surface area (Å²) in [5.74, 6) is 0.582. The van der Waals surface area contributed by atoms with Gasteiger partial charge in [0.2, 0.25) is 0 Å². The molecule has 1 aliphatic carbocycles. The Bertz CT molecular complexity index is 1430. The van der Waals surface area contributed by atoms with Gasteiger partial charge in [-0.1, -0.05) is 78.4 Å². The highest BCUT2D eigenvalue weighted by molar-refractivity contribution is 5.87. The third kappa shape index (κ3) is 7.83. The molecule has 1 aliphatic rings. The van der Waals surface area contributed by atoms with Gasteiger partial charge in [-0.25, -0.2) is 9.78 Å². The molecular formula is C36H40N2O3. The average Bonchev–Trinajstić information content (AvgIpc) is 3.01. The number of para-hydroxylation sites is 1. The second kappa shape index (κ2) is 14.1. The first-order valence-electron chi connectivity index (χ1n) is 14.8. The molecule has 1 N–H and O–H groups in total. The highest BCUT2D eigenvalue weighted by Gasteiger charge is 2.22. The summed E-state index contributed by atoms with van der Waals surface area (Å²) in [6.45, 7) is 5.67. The number of carbonyl (C=O) groups is 1. The van der Waals surface area contributed by atoms with Gasteiger partial charge in [0.1, 0.15) is 18.1 Å². The van der Waals surface area contributed by atoms with Crippen LogP contribution in [0.1, 0.15) is 75.4 Å². The molecule has 5 nitrogen and oxygen atoms in total. The number of fused-ring (bicyclic) bond motifs is 1. The van der Waals surface area contributed by atoms with E-state index in [0.29, 0.717) is 18.9 Å². The molecule has 212 valence electrons. The minimum Gasteiger partial charge on any atom is -0.489 e. The van der Waals surface area contributed by atoms with E-state index in [0.717, 1.165) is 56.5 Å². The standard InChI is InChI=1S/C36H40N2O3/c1-3-40-36(39)34-22-21-31-32(8-6-9-33(31)38-34)37-24-23-30-7-4-5-10-35(30)41-25-29-19-17-28(18-20-29)16-15-27-13-11-26(2)12-14-27/h4-5,7,10-14,17-22,32,37H,3,6,8-9,15-16,23-25H2,1-2H3. The Morgan fingerprint density at radius 3 is 2.34 bits per heavy atom. The molecular weight excluding hydrogens is 508 g/mol. The Morgan fingerprint density at radius 1 is 0.878 bits per heavy atom. The quantitative estimate of drug-likeness (QED) is 0.191. The molecule has 0 aliphatic heterocycles. The van der Waals surface area contributed by atoms with Crippen molar-refractivity contribution in [3.63, 3.8) is 0 Å². The molecule has 1 aromatic heterocycles. The minimum atomic E-state index is -0.351. The molecule has 3 aromatic carbocycles. The Labute approximate surface area is 243 Å². The van der Waals surface area contributed by atoms with Crippen molar-refractivity contribution in [2.75, 3.05) is 13.2 Å². The number of aryl methyl sites for hydroxylation is 4. The van der Waals surface area contributed by atoms with Gasteiger partial charge in [-0.2, -0.15) is 0 Å². The van der Waals surface area contributed by atoms with Crippen LogP contribution in [-0.2, 0) is 37.0 Å². The van der Waals surface area contributed by atoms with Crippen LogP contribution in [0, 0.1) is 6.92 Å². The van der Waals surface area contributed by atoms with Gasteiger partial charge in [0.25, 0.3) is 0 Å². The molecule has 0 fully saturated rings. The van der Waals surface area contributed by atoms with Crippen molar-refractivity contribution in [2.24, 2.45) is 0 Å². The maximum Gasteiger partial charge on any atom is 0.356 e. The fraction of sp³-hybridized carbons (Fsp3) is 0.333. The lowest BCUT2D eigenvalue weighted by atomic mass is 9.91. The van der Waals surface area contributed by atoms with Gasteiger partial charge in [0, 0.05) is 11.7 Å². The number of ether oxygens (including phenoxy) is 2. The van der Waals surface area contributed by atoms with Crippen LogP contribution < -0.4 is 10.1 Å². The summed E-state index contributed by atoms with van der Waals surface area (Å²) in [5, 5.41) is 3.72. The molecule has 0 spiro atoms. The fourth-order valence-corrected chi connectivity index (χ4v) is 5.43. The van der Waals surface area contributed by atoms with Crippen LogP contribution in [0.5, 0.6) is 5.75 Å². The predicted octanol–water partition coefficient (Wildman–Crippen LogP) is 7.14. The molecule has 5 heteroatoms. The zero-order valence-corrected chi connectivity index (χ0v) is 24.2. The van der Waals surface area contributed by atoms with Gasteiger partial charge < -0.3 is 14.8 Å². The third-order valence-corrected chi connectivity index (χ3v) is 7.77. The summed E-state index contributed by atoms with van der Waals surface area (Å²) in [7, 11) is 0. The number of nitrogens with one attached hydrogen (secondary N) is 1. The van der Waals surface area contributed by atoms with Crippen LogP contribution in [-0.4, -0.2) is 24.1 Å². The summed E-state index contributed by atoms with van der Waals surface area (Å²) >= 11 is 0. The van der Waals surface area contributed by atoms with E-state index in [4.69, 9.17) is 9.47 Å². The molecule has 1 atom stereocenters. The number of hydrogen-bond donors (Lipinski definition) is 1. The van der Waals surface area contributed by atoms with E-state index in [1.54, 1.807) is 6.07 Å². The van der Waals surface area contributed by atoms with Crippen molar-refractivity contribution in [2.45, 2.75) is 65.0 Å². The summed E-state index contributed by atoms with van der Waals surface area (Å²) in [4.78, 5) is 16.7. The number of nitrogens with zero attached hydrogens (tertiary/aromatic N) is 1. The van der Waals surface area contributed by atoms with Gasteiger partial charge in [-0.3, -0.25) is 0 Å². The Morgan fingerprint density at radius 2 is 1.59 bits per heavy atom. The third-order valence-electron chi connectivity index (χ3n) is 7.77. The van der Waals surface area contributed by atoms with Gasteiger partial charge in [-0.05, 0) is 98.9 Å². The predicted molar refractivity (Wildman–Crippen MR) is 163 cm³/mol. The van der Waals surface area contributed by atoms with E-state index in [2.05, 4.69) is 84.0 Å². The molecule has 1 heterocycles. The number of benzene rings is 3. The molecule has 0 radical (unpaired) electrons. The zero-order chi connectivity index (χ0) is 28.4. The van der Waals surface area contributed by atoms with Crippen LogP contribution in [0.2, 0.25) is 0 Å². The van der Waals surface area contributed by atoms with Crippen LogP contribution in [0.4, 0.5) is 0 Å². The topological polar surface area (TPSA) is 60.5 Å². The lowest BCUT2D eigenvalue weighted by Gasteiger charge is -2.26. The first-order valence-corrected chi connectivity index (χ1v) is 14.8. The summed E-state index contributed by atoms with van der Waals surface area (Å²) in [5.41, 5.74) is 8.98. The number of hydrogen-bond acceptors (Lipinski definition) is 5. The summed E-state index contributed by atoms with van der Waals surface area (Å²) < 4.78 is 11.4. The maximum absolute atomic E-state index is 12.1. The molecule has 0 bridgehead atoms. The Kier molecular flexibility index (Phi) is 9.82. The fourth-order valence-electron chi connectivity index (χ4n) is 5.43. The van der Waals surface area contributed by atoms with E-state index in [1.165, 1.54) is 33.4 Å².